The zero-order valence-corrected chi connectivity index (χ0v) is 12.1. The molecule has 0 saturated heterocycles. The summed E-state index contributed by atoms with van der Waals surface area (Å²) in [6, 6.07) is 5.45. The number of hydrogen-bond acceptors (Lipinski definition) is 4. The second kappa shape index (κ2) is 7.36. The molecule has 4 heteroatoms. The van der Waals surface area contributed by atoms with Gasteiger partial charge in [0.2, 0.25) is 0 Å². The largest absolute Gasteiger partial charge is 0.504 e. The third-order valence-electron chi connectivity index (χ3n) is 3.47. The lowest BCUT2D eigenvalue weighted by Crippen LogP contribution is -2.39. The van der Waals surface area contributed by atoms with Gasteiger partial charge in [0.1, 0.15) is 0 Å². The van der Waals surface area contributed by atoms with Gasteiger partial charge in [0.05, 0.1) is 12.2 Å². The van der Waals surface area contributed by atoms with Crippen molar-refractivity contribution in [1.29, 1.82) is 0 Å². The third-order valence-corrected chi connectivity index (χ3v) is 3.47. The zero-order chi connectivity index (χ0) is 14.3. The van der Waals surface area contributed by atoms with Crippen LogP contribution in [-0.4, -0.2) is 29.0 Å². The second-order valence-electron chi connectivity index (χ2n) is 4.73. The van der Waals surface area contributed by atoms with Gasteiger partial charge in [0, 0.05) is 18.7 Å². The number of aliphatic hydroxyl groups is 1. The van der Waals surface area contributed by atoms with E-state index >= 15 is 0 Å². The summed E-state index contributed by atoms with van der Waals surface area (Å²) in [5.41, 5.74) is 0.105. The Morgan fingerprint density at radius 1 is 1.21 bits per heavy atom. The van der Waals surface area contributed by atoms with Crippen molar-refractivity contribution in [3.05, 3.63) is 23.8 Å². The molecule has 108 valence electrons. The Bertz CT molecular complexity index is 389. The smallest absolute Gasteiger partial charge is 0.162 e. The van der Waals surface area contributed by atoms with E-state index in [0.717, 1.165) is 5.56 Å². The molecule has 19 heavy (non-hydrogen) atoms. The first kappa shape index (κ1) is 15.8. The molecular formula is C15H25NO3. The lowest BCUT2D eigenvalue weighted by molar-refractivity contribution is 0.0322. The number of benzene rings is 1. The summed E-state index contributed by atoms with van der Waals surface area (Å²) < 4.78 is 5.34. The maximum atomic E-state index is 10.2. The van der Waals surface area contributed by atoms with Crippen molar-refractivity contribution < 1.29 is 14.9 Å². The maximum Gasteiger partial charge on any atom is 0.162 e. The van der Waals surface area contributed by atoms with Crippen LogP contribution in [-0.2, 0) is 6.54 Å². The Kier molecular flexibility index (Phi) is 6.12. The molecule has 3 N–H and O–H groups in total. The van der Waals surface area contributed by atoms with E-state index in [0.29, 0.717) is 38.3 Å². The first-order chi connectivity index (χ1) is 9.06. The lowest BCUT2D eigenvalue weighted by Gasteiger charge is -2.25. The topological polar surface area (TPSA) is 61.7 Å². The van der Waals surface area contributed by atoms with Crippen LogP contribution in [0.4, 0.5) is 0 Å². The number of nitrogens with one attached hydrogen (secondary N) is 1. The number of para-hydroxylation sites is 1. The highest BCUT2D eigenvalue weighted by atomic mass is 16.5. The fourth-order valence-electron chi connectivity index (χ4n) is 1.91. The van der Waals surface area contributed by atoms with Crippen LogP contribution in [0.5, 0.6) is 11.5 Å². The van der Waals surface area contributed by atoms with Gasteiger partial charge in [-0.05, 0) is 25.8 Å². The number of aromatic hydroxyl groups is 1. The molecule has 0 spiro atoms. The van der Waals surface area contributed by atoms with Crippen LogP contribution in [0.1, 0.15) is 39.2 Å². The van der Waals surface area contributed by atoms with Crippen LogP contribution in [0.25, 0.3) is 0 Å². The van der Waals surface area contributed by atoms with E-state index in [9.17, 15) is 10.2 Å². The third kappa shape index (κ3) is 4.40. The molecule has 0 aliphatic carbocycles. The number of ether oxygens (including phenoxy) is 1. The predicted octanol–water partition coefficient (Wildman–Crippen LogP) is 2.43. The van der Waals surface area contributed by atoms with E-state index in [2.05, 4.69) is 5.32 Å². The van der Waals surface area contributed by atoms with Gasteiger partial charge in [-0.3, -0.25) is 0 Å². The first-order valence-electron chi connectivity index (χ1n) is 6.93. The Morgan fingerprint density at radius 2 is 1.89 bits per heavy atom. The van der Waals surface area contributed by atoms with Gasteiger partial charge in [-0.2, -0.15) is 0 Å². The average Bonchev–Trinajstić information content (AvgIpc) is 2.43. The highest BCUT2D eigenvalue weighted by Crippen LogP contribution is 2.29. The van der Waals surface area contributed by atoms with E-state index < -0.39 is 5.60 Å². The van der Waals surface area contributed by atoms with Crippen molar-refractivity contribution in [1.82, 2.24) is 5.32 Å². The Morgan fingerprint density at radius 3 is 2.47 bits per heavy atom. The molecule has 4 nitrogen and oxygen atoms in total. The summed E-state index contributed by atoms with van der Waals surface area (Å²) in [6.45, 7) is 7.37. The molecule has 0 fully saturated rings. The van der Waals surface area contributed by atoms with E-state index in [-0.39, 0.29) is 5.75 Å². The molecule has 0 aromatic heterocycles. The quantitative estimate of drug-likeness (QED) is 0.677. The van der Waals surface area contributed by atoms with Crippen LogP contribution in [0, 0.1) is 0 Å². The molecule has 0 amide bonds. The summed E-state index contributed by atoms with van der Waals surface area (Å²) in [7, 11) is 0. The van der Waals surface area contributed by atoms with Gasteiger partial charge >= 0.3 is 0 Å². The summed E-state index contributed by atoms with van der Waals surface area (Å²) >= 11 is 0. The predicted molar refractivity (Wildman–Crippen MR) is 76.5 cm³/mol. The summed E-state index contributed by atoms with van der Waals surface area (Å²) in [6.07, 6.45) is 1.42. The molecule has 0 bridgehead atoms. The summed E-state index contributed by atoms with van der Waals surface area (Å²) in [5, 5.41) is 23.4. The average molecular weight is 267 g/mol. The molecule has 0 aliphatic rings. The SMILES string of the molecule is CCOc1cccc(CNCC(O)(CC)CC)c1O. The minimum absolute atomic E-state index is 0.174. The van der Waals surface area contributed by atoms with Crippen LogP contribution >= 0.6 is 0 Å². The molecular weight excluding hydrogens is 242 g/mol. The van der Waals surface area contributed by atoms with Crippen molar-refractivity contribution in [3.8, 4) is 11.5 Å². The number of hydrogen-bond donors (Lipinski definition) is 3. The van der Waals surface area contributed by atoms with Gasteiger partial charge < -0.3 is 20.3 Å². The molecule has 0 heterocycles. The van der Waals surface area contributed by atoms with E-state index in [1.54, 1.807) is 6.07 Å². The molecule has 0 atom stereocenters. The number of rotatable bonds is 8. The molecule has 0 radical (unpaired) electrons. The Hall–Kier alpha value is -1.26. The van der Waals surface area contributed by atoms with Crippen molar-refractivity contribution in [2.45, 2.75) is 45.8 Å². The van der Waals surface area contributed by atoms with Gasteiger partial charge in [-0.15, -0.1) is 0 Å². The highest BCUT2D eigenvalue weighted by molar-refractivity contribution is 5.45. The van der Waals surface area contributed by atoms with Crippen LogP contribution in [0.2, 0.25) is 0 Å². The molecule has 0 unspecified atom stereocenters. The van der Waals surface area contributed by atoms with Crippen molar-refractivity contribution in [2.75, 3.05) is 13.2 Å². The van der Waals surface area contributed by atoms with Gasteiger partial charge in [0.25, 0.3) is 0 Å². The Balaban J connectivity index is 2.61. The monoisotopic (exact) mass is 267 g/mol. The summed E-state index contributed by atoms with van der Waals surface area (Å²) in [5.74, 6) is 0.677. The number of phenols is 1. The van der Waals surface area contributed by atoms with Gasteiger partial charge in [0.15, 0.2) is 11.5 Å². The maximum absolute atomic E-state index is 10.2. The molecule has 0 aliphatic heterocycles. The summed E-state index contributed by atoms with van der Waals surface area (Å²) in [4.78, 5) is 0. The Labute approximate surface area is 115 Å². The number of phenolic OH excluding ortho intramolecular Hbond substituents is 1. The van der Waals surface area contributed by atoms with Gasteiger partial charge in [-0.25, -0.2) is 0 Å². The van der Waals surface area contributed by atoms with Crippen molar-refractivity contribution >= 4 is 0 Å². The van der Waals surface area contributed by atoms with Crippen LogP contribution in [0.3, 0.4) is 0 Å². The lowest BCUT2D eigenvalue weighted by atomic mass is 9.97. The first-order valence-corrected chi connectivity index (χ1v) is 6.93. The minimum Gasteiger partial charge on any atom is -0.504 e. The van der Waals surface area contributed by atoms with E-state index in [4.69, 9.17) is 4.74 Å². The van der Waals surface area contributed by atoms with Crippen LogP contribution < -0.4 is 10.1 Å². The standard InChI is InChI=1S/C15H25NO3/c1-4-15(18,5-2)11-16-10-12-8-7-9-13(14(12)17)19-6-3/h7-9,16-18H,4-6,10-11H2,1-3H3. The van der Waals surface area contributed by atoms with E-state index in [1.165, 1.54) is 0 Å². The highest BCUT2D eigenvalue weighted by Gasteiger charge is 2.21. The zero-order valence-electron chi connectivity index (χ0n) is 12.1. The van der Waals surface area contributed by atoms with Crippen molar-refractivity contribution in [3.63, 3.8) is 0 Å². The molecule has 1 aromatic rings. The van der Waals surface area contributed by atoms with Gasteiger partial charge in [-0.1, -0.05) is 26.0 Å². The van der Waals surface area contributed by atoms with E-state index in [1.807, 2.05) is 32.9 Å². The normalized spacial score (nSPS) is 11.6. The van der Waals surface area contributed by atoms with Crippen LogP contribution in [0.15, 0.2) is 18.2 Å². The molecule has 0 saturated carbocycles. The second-order valence-corrected chi connectivity index (χ2v) is 4.73. The minimum atomic E-state index is -0.673. The molecule has 1 aromatic carbocycles. The van der Waals surface area contributed by atoms with Crippen molar-refractivity contribution in [2.24, 2.45) is 0 Å². The fraction of sp³-hybridized carbons (Fsp3) is 0.600. The fourth-order valence-corrected chi connectivity index (χ4v) is 1.91. The molecule has 1 rings (SSSR count).